The van der Waals surface area contributed by atoms with E-state index in [2.05, 4.69) is 26.4 Å². The van der Waals surface area contributed by atoms with Crippen molar-refractivity contribution in [3.63, 3.8) is 0 Å². The van der Waals surface area contributed by atoms with Crippen LogP contribution in [0.5, 0.6) is 0 Å². The van der Waals surface area contributed by atoms with Gasteiger partial charge in [-0.2, -0.15) is 0 Å². The van der Waals surface area contributed by atoms with E-state index in [9.17, 15) is 9.59 Å². The number of aromatic nitrogens is 2. The van der Waals surface area contributed by atoms with Crippen LogP contribution in [0, 0.1) is 6.92 Å². The van der Waals surface area contributed by atoms with Crippen molar-refractivity contribution in [2.75, 3.05) is 6.54 Å². The first-order valence-corrected chi connectivity index (χ1v) is 9.85. The minimum Gasteiger partial charge on any atom is -0.481 e. The second-order valence-corrected chi connectivity index (χ2v) is 7.45. The van der Waals surface area contributed by atoms with Crippen molar-refractivity contribution in [1.29, 1.82) is 0 Å². The number of carboxylic acids is 1. The smallest absolute Gasteiger partial charge is 0.315 e. The molecule has 0 spiro atoms. The molecule has 1 aliphatic rings. The van der Waals surface area contributed by atoms with Crippen molar-refractivity contribution in [3.8, 4) is 0 Å². The predicted molar refractivity (Wildman–Crippen MR) is 106 cm³/mol. The highest BCUT2D eigenvalue weighted by atomic mass is 16.4. The molecule has 0 fully saturated rings. The molecule has 2 heterocycles. The molecule has 0 saturated carbocycles. The van der Waals surface area contributed by atoms with Crippen LogP contribution in [0.1, 0.15) is 48.7 Å². The first-order chi connectivity index (χ1) is 13.5. The molecule has 150 valence electrons. The lowest BCUT2D eigenvalue weighted by molar-refractivity contribution is -0.137. The molecule has 0 bridgehead atoms. The Morgan fingerprint density at radius 1 is 1.32 bits per heavy atom. The van der Waals surface area contributed by atoms with Gasteiger partial charge < -0.3 is 20.3 Å². The van der Waals surface area contributed by atoms with E-state index in [0.29, 0.717) is 19.4 Å². The SMILES string of the molecule is Cc1cn2c(n1)C(CNC(=O)NC(CCC(=O)O)Cc1ccccc1)CCC2. The fourth-order valence-electron chi connectivity index (χ4n) is 3.77. The third kappa shape index (κ3) is 5.58. The largest absolute Gasteiger partial charge is 0.481 e. The van der Waals surface area contributed by atoms with Crippen molar-refractivity contribution in [2.45, 2.75) is 57.5 Å². The van der Waals surface area contributed by atoms with Gasteiger partial charge >= 0.3 is 12.0 Å². The van der Waals surface area contributed by atoms with Crippen LogP contribution >= 0.6 is 0 Å². The second-order valence-electron chi connectivity index (χ2n) is 7.45. The predicted octanol–water partition coefficient (Wildman–Crippen LogP) is 2.84. The Morgan fingerprint density at radius 2 is 2.11 bits per heavy atom. The van der Waals surface area contributed by atoms with Crippen LogP contribution in [-0.4, -0.2) is 39.2 Å². The lowest BCUT2D eigenvalue weighted by atomic mass is 9.99. The van der Waals surface area contributed by atoms with Gasteiger partial charge in [-0.3, -0.25) is 4.79 Å². The van der Waals surface area contributed by atoms with Gasteiger partial charge in [0.05, 0.1) is 5.69 Å². The van der Waals surface area contributed by atoms with E-state index in [1.54, 1.807) is 0 Å². The van der Waals surface area contributed by atoms with E-state index in [1.165, 1.54) is 0 Å². The van der Waals surface area contributed by atoms with Crippen LogP contribution in [0.3, 0.4) is 0 Å². The number of amides is 2. The molecule has 3 N–H and O–H groups in total. The first kappa shape index (κ1) is 19.9. The third-order valence-corrected chi connectivity index (χ3v) is 5.12. The summed E-state index contributed by atoms with van der Waals surface area (Å²) >= 11 is 0. The zero-order valence-corrected chi connectivity index (χ0v) is 16.2. The van der Waals surface area contributed by atoms with Crippen LogP contribution < -0.4 is 10.6 Å². The summed E-state index contributed by atoms with van der Waals surface area (Å²) in [6, 6.07) is 9.30. The molecule has 0 saturated heterocycles. The maximum Gasteiger partial charge on any atom is 0.315 e. The zero-order chi connectivity index (χ0) is 19.9. The Hall–Kier alpha value is -2.83. The summed E-state index contributed by atoms with van der Waals surface area (Å²) in [5.74, 6) is 0.389. The maximum atomic E-state index is 12.5. The van der Waals surface area contributed by atoms with Gasteiger partial charge in [0.15, 0.2) is 0 Å². The van der Waals surface area contributed by atoms with E-state index in [0.717, 1.165) is 36.5 Å². The minimum absolute atomic E-state index is 0.0249. The molecule has 2 aromatic rings. The van der Waals surface area contributed by atoms with Crippen molar-refractivity contribution in [3.05, 3.63) is 53.6 Å². The highest BCUT2D eigenvalue weighted by Gasteiger charge is 2.23. The highest BCUT2D eigenvalue weighted by molar-refractivity contribution is 5.74. The van der Waals surface area contributed by atoms with Gasteiger partial charge in [0.1, 0.15) is 5.82 Å². The van der Waals surface area contributed by atoms with Crippen LogP contribution in [-0.2, 0) is 17.8 Å². The molecule has 7 heteroatoms. The van der Waals surface area contributed by atoms with Crippen LogP contribution in [0.2, 0.25) is 0 Å². The number of aliphatic carboxylic acids is 1. The lowest BCUT2D eigenvalue weighted by Crippen LogP contribution is -2.44. The van der Waals surface area contributed by atoms with Gasteiger partial charge in [-0.1, -0.05) is 30.3 Å². The van der Waals surface area contributed by atoms with Gasteiger partial charge in [0, 0.05) is 37.7 Å². The molecule has 1 aliphatic heterocycles. The first-order valence-electron chi connectivity index (χ1n) is 9.85. The van der Waals surface area contributed by atoms with Crippen molar-refractivity contribution >= 4 is 12.0 Å². The molecule has 28 heavy (non-hydrogen) atoms. The number of aryl methyl sites for hydroxylation is 2. The quantitative estimate of drug-likeness (QED) is 0.652. The number of carbonyl (C=O) groups excluding carboxylic acids is 1. The average molecular weight is 384 g/mol. The van der Waals surface area contributed by atoms with Crippen molar-refractivity contribution in [2.24, 2.45) is 0 Å². The topological polar surface area (TPSA) is 96.3 Å². The number of benzene rings is 1. The molecule has 7 nitrogen and oxygen atoms in total. The Labute approximate surface area is 165 Å². The van der Waals surface area contributed by atoms with Crippen LogP contribution in [0.25, 0.3) is 0 Å². The molecular formula is C21H28N4O3. The molecule has 2 amide bonds. The van der Waals surface area contributed by atoms with E-state index in [1.807, 2.05) is 37.3 Å². The van der Waals surface area contributed by atoms with Gasteiger partial charge in [-0.15, -0.1) is 0 Å². The summed E-state index contributed by atoms with van der Waals surface area (Å²) in [7, 11) is 0. The number of carbonyl (C=O) groups is 2. The Bertz CT molecular complexity index is 803. The molecule has 1 aromatic heterocycles. The monoisotopic (exact) mass is 384 g/mol. The number of urea groups is 1. The van der Waals surface area contributed by atoms with Gasteiger partial charge in [0.25, 0.3) is 0 Å². The van der Waals surface area contributed by atoms with Crippen LogP contribution in [0.15, 0.2) is 36.5 Å². The third-order valence-electron chi connectivity index (χ3n) is 5.12. The summed E-state index contributed by atoms with van der Waals surface area (Å²) in [5, 5.41) is 14.9. The summed E-state index contributed by atoms with van der Waals surface area (Å²) in [4.78, 5) is 28.0. The summed E-state index contributed by atoms with van der Waals surface area (Å²) in [6.07, 6.45) is 5.16. The Morgan fingerprint density at radius 3 is 2.86 bits per heavy atom. The van der Waals surface area contributed by atoms with E-state index in [4.69, 9.17) is 5.11 Å². The molecule has 2 atom stereocenters. The Balaban J connectivity index is 1.55. The fourth-order valence-corrected chi connectivity index (χ4v) is 3.77. The highest BCUT2D eigenvalue weighted by Crippen LogP contribution is 2.25. The van der Waals surface area contributed by atoms with Gasteiger partial charge in [-0.25, -0.2) is 9.78 Å². The van der Waals surface area contributed by atoms with Crippen molar-refractivity contribution < 1.29 is 14.7 Å². The normalized spacial score (nSPS) is 16.8. The van der Waals surface area contributed by atoms with E-state index >= 15 is 0 Å². The van der Waals surface area contributed by atoms with Crippen LogP contribution in [0.4, 0.5) is 4.79 Å². The number of imidazole rings is 1. The zero-order valence-electron chi connectivity index (χ0n) is 16.2. The summed E-state index contributed by atoms with van der Waals surface area (Å²) < 4.78 is 2.17. The number of rotatable bonds is 8. The molecule has 0 aliphatic carbocycles. The number of carboxylic acid groups (broad SMARTS) is 1. The maximum absolute atomic E-state index is 12.5. The number of hydrogen-bond acceptors (Lipinski definition) is 3. The average Bonchev–Trinajstić information content (AvgIpc) is 3.06. The number of hydrogen-bond donors (Lipinski definition) is 3. The van der Waals surface area contributed by atoms with Gasteiger partial charge in [-0.05, 0) is 38.2 Å². The molecule has 2 unspecified atom stereocenters. The lowest BCUT2D eigenvalue weighted by Gasteiger charge is -2.24. The second kappa shape index (κ2) is 9.39. The summed E-state index contributed by atoms with van der Waals surface area (Å²) in [5.41, 5.74) is 2.07. The number of nitrogens with one attached hydrogen (secondary N) is 2. The van der Waals surface area contributed by atoms with Gasteiger partial charge in [0.2, 0.25) is 0 Å². The number of fused-ring (bicyclic) bond motifs is 1. The molecule has 0 radical (unpaired) electrons. The Kier molecular flexibility index (Phi) is 6.68. The molecular weight excluding hydrogens is 356 g/mol. The van der Waals surface area contributed by atoms with Crippen molar-refractivity contribution in [1.82, 2.24) is 20.2 Å². The van der Waals surface area contributed by atoms with E-state index in [-0.39, 0.29) is 24.4 Å². The molecule has 3 rings (SSSR count). The standard InChI is InChI=1S/C21H28N4O3/c1-15-14-25-11-5-8-17(20(25)23-15)13-22-21(28)24-18(9-10-19(26)27)12-16-6-3-2-4-7-16/h2-4,6-7,14,17-18H,5,8-13H2,1H3,(H,26,27)(H2,22,24,28). The van der Waals surface area contributed by atoms with E-state index < -0.39 is 5.97 Å². The summed E-state index contributed by atoms with van der Waals surface area (Å²) in [6.45, 7) is 3.49. The fraction of sp³-hybridized carbons (Fsp3) is 0.476. The minimum atomic E-state index is -0.857. The molecule has 1 aromatic carbocycles. The number of nitrogens with zero attached hydrogens (tertiary/aromatic N) is 2.